The molecule has 130 valence electrons. The van der Waals surface area contributed by atoms with Crippen molar-refractivity contribution in [2.45, 2.75) is 50.6 Å². The molecule has 1 aliphatic heterocycles. The van der Waals surface area contributed by atoms with Crippen molar-refractivity contribution >= 4 is 11.7 Å². The molecule has 1 unspecified atom stereocenters. The van der Waals surface area contributed by atoms with E-state index in [-0.39, 0.29) is 23.4 Å². The van der Waals surface area contributed by atoms with Crippen LogP contribution in [0, 0.1) is 5.82 Å². The highest BCUT2D eigenvalue weighted by atomic mass is 19.1. The maximum absolute atomic E-state index is 14.0. The number of amides is 2. The smallest absolute Gasteiger partial charge is 0.312 e. The van der Waals surface area contributed by atoms with Crippen molar-refractivity contribution in [1.29, 1.82) is 0 Å². The Labute approximate surface area is 147 Å². The van der Waals surface area contributed by atoms with Crippen molar-refractivity contribution in [3.8, 4) is 0 Å². The van der Waals surface area contributed by atoms with E-state index in [9.17, 15) is 9.18 Å². The molecule has 4 rings (SSSR count). The summed E-state index contributed by atoms with van der Waals surface area (Å²) in [7, 11) is 0. The van der Waals surface area contributed by atoms with Crippen LogP contribution in [0.15, 0.2) is 48.5 Å². The van der Waals surface area contributed by atoms with Crippen molar-refractivity contribution in [2.24, 2.45) is 0 Å². The lowest BCUT2D eigenvalue weighted by Crippen LogP contribution is -2.57. The third-order valence-electron chi connectivity index (χ3n) is 5.65. The van der Waals surface area contributed by atoms with Crippen molar-refractivity contribution in [2.75, 3.05) is 5.32 Å². The molecule has 3 nitrogen and oxygen atoms in total. The second-order valence-electron chi connectivity index (χ2n) is 7.27. The van der Waals surface area contributed by atoms with Gasteiger partial charge in [-0.3, -0.25) is 0 Å². The largest absolute Gasteiger partial charge is 0.322 e. The highest BCUT2D eigenvalue weighted by Gasteiger charge is 2.49. The molecule has 0 radical (unpaired) electrons. The molecule has 1 aliphatic carbocycles. The lowest BCUT2D eigenvalue weighted by Gasteiger charge is -2.49. The quantitative estimate of drug-likeness (QED) is 0.832. The van der Waals surface area contributed by atoms with Gasteiger partial charge in [0.05, 0.1) is 5.54 Å². The molecule has 1 saturated carbocycles. The molecule has 2 amide bonds. The molecule has 2 aromatic carbocycles. The number of urea groups is 1. The van der Waals surface area contributed by atoms with Crippen LogP contribution >= 0.6 is 0 Å². The first-order chi connectivity index (χ1) is 12.1. The number of rotatable bonds is 3. The Morgan fingerprint density at radius 1 is 1.16 bits per heavy atom. The fraction of sp³-hybridized carbons (Fsp3) is 0.381. The number of benzene rings is 2. The van der Waals surface area contributed by atoms with E-state index in [4.69, 9.17) is 0 Å². The third-order valence-corrected chi connectivity index (χ3v) is 5.65. The third kappa shape index (κ3) is 2.70. The highest BCUT2D eigenvalue weighted by molar-refractivity contribution is 5.94. The van der Waals surface area contributed by atoms with Crippen LogP contribution in [-0.4, -0.2) is 17.0 Å². The summed E-state index contributed by atoms with van der Waals surface area (Å²) in [6.07, 6.45) is 4.72. The molecule has 2 aromatic rings. The van der Waals surface area contributed by atoms with Gasteiger partial charge in [-0.1, -0.05) is 43.2 Å². The van der Waals surface area contributed by atoms with E-state index >= 15 is 0 Å². The molecule has 0 aromatic heterocycles. The van der Waals surface area contributed by atoms with E-state index in [1.807, 2.05) is 23.1 Å². The topological polar surface area (TPSA) is 32.3 Å². The van der Waals surface area contributed by atoms with Gasteiger partial charge < -0.3 is 10.2 Å². The molecule has 2 aliphatic rings. The summed E-state index contributed by atoms with van der Waals surface area (Å²) >= 11 is 0. The van der Waals surface area contributed by atoms with Crippen molar-refractivity contribution in [3.63, 3.8) is 0 Å². The molecule has 4 heteroatoms. The SMILES string of the molecule is CC(Cc1ccccc1)N1C(=O)Nc2ccc(F)cc2C12CCCC2. The number of hydrogen-bond acceptors (Lipinski definition) is 1. The fourth-order valence-corrected chi connectivity index (χ4v) is 4.65. The zero-order valence-corrected chi connectivity index (χ0v) is 14.5. The van der Waals surface area contributed by atoms with Gasteiger partial charge in [-0.15, -0.1) is 0 Å². The van der Waals surface area contributed by atoms with E-state index in [1.165, 1.54) is 11.6 Å². The van der Waals surface area contributed by atoms with Crippen LogP contribution in [0.1, 0.15) is 43.7 Å². The number of nitrogens with one attached hydrogen (secondary N) is 1. The van der Waals surface area contributed by atoms with Gasteiger partial charge in [0.25, 0.3) is 0 Å². The summed E-state index contributed by atoms with van der Waals surface area (Å²) in [5.74, 6) is -0.239. The maximum atomic E-state index is 14.0. The highest BCUT2D eigenvalue weighted by Crippen LogP contribution is 2.50. The summed E-state index contributed by atoms with van der Waals surface area (Å²) < 4.78 is 14.0. The van der Waals surface area contributed by atoms with Crippen LogP contribution in [-0.2, 0) is 12.0 Å². The van der Waals surface area contributed by atoms with Gasteiger partial charge in [0, 0.05) is 17.3 Å². The number of carbonyl (C=O) groups is 1. The van der Waals surface area contributed by atoms with E-state index in [0.717, 1.165) is 43.4 Å². The molecule has 1 spiro atoms. The number of halogens is 1. The predicted molar refractivity (Wildman–Crippen MR) is 97.0 cm³/mol. The van der Waals surface area contributed by atoms with Crippen LogP contribution in [0.5, 0.6) is 0 Å². The minimum atomic E-state index is -0.381. The molecule has 25 heavy (non-hydrogen) atoms. The summed E-state index contributed by atoms with van der Waals surface area (Å²) in [6.45, 7) is 2.09. The first kappa shape index (κ1) is 16.1. The average Bonchev–Trinajstić information content (AvgIpc) is 3.06. The van der Waals surface area contributed by atoms with Gasteiger partial charge in [0.15, 0.2) is 0 Å². The van der Waals surface area contributed by atoms with Gasteiger partial charge in [-0.05, 0) is 49.9 Å². The van der Waals surface area contributed by atoms with Crippen LogP contribution in [0.2, 0.25) is 0 Å². The maximum Gasteiger partial charge on any atom is 0.322 e. The van der Waals surface area contributed by atoms with Crippen LogP contribution in [0.4, 0.5) is 14.9 Å². The molecule has 1 heterocycles. The molecule has 1 fully saturated rings. The lowest BCUT2D eigenvalue weighted by molar-refractivity contribution is 0.0863. The zero-order valence-electron chi connectivity index (χ0n) is 14.5. The van der Waals surface area contributed by atoms with E-state index in [1.54, 1.807) is 12.1 Å². The summed E-state index contributed by atoms with van der Waals surface area (Å²) in [6, 6.07) is 14.9. The Hall–Kier alpha value is -2.36. The number of hydrogen-bond donors (Lipinski definition) is 1. The van der Waals surface area contributed by atoms with Crippen molar-refractivity contribution in [1.82, 2.24) is 4.90 Å². The standard InChI is InChI=1S/C21H23FN2O/c1-15(13-16-7-3-2-4-8-16)24-20(25)23-19-10-9-17(22)14-18(19)21(24)11-5-6-12-21/h2-4,7-10,14-15H,5-6,11-13H2,1H3,(H,23,25). The molecular formula is C21H23FN2O. The van der Waals surface area contributed by atoms with Crippen molar-refractivity contribution in [3.05, 3.63) is 65.5 Å². The van der Waals surface area contributed by atoms with E-state index in [0.29, 0.717) is 0 Å². The lowest BCUT2D eigenvalue weighted by atomic mass is 9.82. The van der Waals surface area contributed by atoms with E-state index < -0.39 is 0 Å². The van der Waals surface area contributed by atoms with Gasteiger partial charge in [-0.2, -0.15) is 0 Å². The van der Waals surface area contributed by atoms with Gasteiger partial charge in [0.2, 0.25) is 0 Å². The molecule has 1 atom stereocenters. The molecular weight excluding hydrogens is 315 g/mol. The average molecular weight is 338 g/mol. The Morgan fingerprint density at radius 3 is 2.60 bits per heavy atom. The summed E-state index contributed by atoms with van der Waals surface area (Å²) in [5, 5.41) is 2.98. The Balaban J connectivity index is 1.74. The second-order valence-corrected chi connectivity index (χ2v) is 7.27. The zero-order chi connectivity index (χ0) is 17.4. The number of fused-ring (bicyclic) bond motifs is 2. The normalized spacial score (nSPS) is 19.6. The van der Waals surface area contributed by atoms with Crippen LogP contribution < -0.4 is 5.32 Å². The Kier molecular flexibility index (Phi) is 3.98. The molecule has 0 bridgehead atoms. The second kappa shape index (κ2) is 6.17. The number of nitrogens with zero attached hydrogens (tertiary/aromatic N) is 1. The number of carbonyl (C=O) groups excluding carboxylic acids is 1. The minimum absolute atomic E-state index is 0.0388. The minimum Gasteiger partial charge on any atom is -0.312 e. The van der Waals surface area contributed by atoms with E-state index in [2.05, 4.69) is 24.4 Å². The van der Waals surface area contributed by atoms with Gasteiger partial charge in [-0.25, -0.2) is 9.18 Å². The summed E-state index contributed by atoms with van der Waals surface area (Å²) in [4.78, 5) is 14.9. The van der Waals surface area contributed by atoms with Gasteiger partial charge >= 0.3 is 6.03 Å². The summed E-state index contributed by atoms with van der Waals surface area (Å²) in [5.41, 5.74) is 2.52. The van der Waals surface area contributed by atoms with Crippen molar-refractivity contribution < 1.29 is 9.18 Å². The molecule has 0 saturated heterocycles. The molecule has 1 N–H and O–H groups in total. The predicted octanol–water partition coefficient (Wildman–Crippen LogP) is 5.07. The fourth-order valence-electron chi connectivity index (χ4n) is 4.65. The first-order valence-corrected chi connectivity index (χ1v) is 9.04. The van der Waals surface area contributed by atoms with Crippen LogP contribution in [0.25, 0.3) is 0 Å². The van der Waals surface area contributed by atoms with Gasteiger partial charge in [0.1, 0.15) is 5.82 Å². The monoisotopic (exact) mass is 338 g/mol. The van der Waals surface area contributed by atoms with Crippen LogP contribution in [0.3, 0.4) is 0 Å². The Morgan fingerprint density at radius 2 is 1.88 bits per heavy atom. The first-order valence-electron chi connectivity index (χ1n) is 9.04. The Bertz CT molecular complexity index is 784. The number of anilines is 1.